The molecule has 14 heavy (non-hydrogen) atoms. The van der Waals surface area contributed by atoms with Crippen LogP contribution in [0, 0.1) is 12.8 Å². The van der Waals surface area contributed by atoms with Gasteiger partial charge in [-0.1, -0.05) is 6.92 Å². The predicted molar refractivity (Wildman–Crippen MR) is 55.8 cm³/mol. The molecule has 1 fully saturated rings. The highest BCUT2D eigenvalue weighted by Crippen LogP contribution is 2.16. The first kappa shape index (κ1) is 9.59. The third-order valence-electron chi connectivity index (χ3n) is 2.75. The highest BCUT2D eigenvalue weighted by atomic mass is 15.1. The molecule has 0 bridgehead atoms. The van der Waals surface area contributed by atoms with Crippen LogP contribution in [0.1, 0.15) is 24.7 Å². The fourth-order valence-electron chi connectivity index (χ4n) is 1.93. The van der Waals surface area contributed by atoms with Crippen LogP contribution in [0.25, 0.3) is 0 Å². The minimum absolute atomic E-state index is 0.848. The third-order valence-corrected chi connectivity index (χ3v) is 2.75. The summed E-state index contributed by atoms with van der Waals surface area (Å²) in [6.07, 6.45) is 5.20. The molecule has 1 aromatic heterocycles. The molecule has 0 aromatic carbocycles. The zero-order chi connectivity index (χ0) is 9.97. The summed E-state index contributed by atoms with van der Waals surface area (Å²) in [6.45, 7) is 7.67. The van der Waals surface area contributed by atoms with Gasteiger partial charge in [0.25, 0.3) is 0 Å². The van der Waals surface area contributed by atoms with Crippen LogP contribution in [0.15, 0.2) is 12.4 Å². The van der Waals surface area contributed by atoms with Crippen LogP contribution in [0.2, 0.25) is 0 Å². The lowest BCUT2D eigenvalue weighted by Gasteiger charge is -2.14. The summed E-state index contributed by atoms with van der Waals surface area (Å²) < 4.78 is 0. The summed E-state index contributed by atoms with van der Waals surface area (Å²) in [5.74, 6) is 1.70. The molecule has 0 saturated carbocycles. The van der Waals surface area contributed by atoms with Crippen LogP contribution in [0.5, 0.6) is 0 Å². The van der Waals surface area contributed by atoms with E-state index in [1.165, 1.54) is 25.1 Å². The first-order chi connectivity index (χ1) is 6.74. The zero-order valence-corrected chi connectivity index (χ0v) is 8.90. The first-order valence-corrected chi connectivity index (χ1v) is 5.24. The lowest BCUT2D eigenvalue weighted by atomic mass is 10.2. The third kappa shape index (κ3) is 2.29. The molecule has 0 radical (unpaired) electrons. The molecular weight excluding hydrogens is 174 g/mol. The van der Waals surface area contributed by atoms with Crippen molar-refractivity contribution >= 4 is 0 Å². The molecule has 1 aromatic rings. The van der Waals surface area contributed by atoms with Crippen molar-refractivity contribution in [3.8, 4) is 0 Å². The summed E-state index contributed by atoms with van der Waals surface area (Å²) in [4.78, 5) is 10.9. The number of aromatic nitrogens is 2. The van der Waals surface area contributed by atoms with Crippen LogP contribution < -0.4 is 0 Å². The van der Waals surface area contributed by atoms with E-state index in [4.69, 9.17) is 0 Å². The van der Waals surface area contributed by atoms with Crippen molar-refractivity contribution in [1.82, 2.24) is 14.9 Å². The van der Waals surface area contributed by atoms with Crippen molar-refractivity contribution < 1.29 is 0 Å². The Bertz CT molecular complexity index is 294. The SMILES string of the molecule is Cc1ncc(CN2CCC(C)C2)cn1. The fourth-order valence-corrected chi connectivity index (χ4v) is 1.93. The minimum Gasteiger partial charge on any atom is -0.299 e. The highest BCUT2D eigenvalue weighted by Gasteiger charge is 2.18. The molecule has 0 spiro atoms. The van der Waals surface area contributed by atoms with Gasteiger partial charge in [-0.15, -0.1) is 0 Å². The second kappa shape index (κ2) is 4.05. The van der Waals surface area contributed by atoms with Crippen molar-refractivity contribution in [2.45, 2.75) is 26.8 Å². The average Bonchev–Trinajstić information content (AvgIpc) is 2.56. The van der Waals surface area contributed by atoms with E-state index in [1.807, 2.05) is 19.3 Å². The number of nitrogens with zero attached hydrogens (tertiary/aromatic N) is 3. The maximum Gasteiger partial charge on any atom is 0.125 e. The van der Waals surface area contributed by atoms with Gasteiger partial charge in [-0.05, 0) is 25.8 Å². The molecule has 0 N–H and O–H groups in total. The molecule has 76 valence electrons. The largest absolute Gasteiger partial charge is 0.299 e. The molecule has 3 nitrogen and oxygen atoms in total. The molecule has 0 aliphatic carbocycles. The van der Waals surface area contributed by atoms with Gasteiger partial charge in [0, 0.05) is 31.0 Å². The van der Waals surface area contributed by atoms with Crippen molar-refractivity contribution in [3.05, 3.63) is 23.8 Å². The maximum atomic E-state index is 4.20. The van der Waals surface area contributed by atoms with Crippen LogP contribution in [-0.2, 0) is 6.54 Å². The Hall–Kier alpha value is -0.960. The van der Waals surface area contributed by atoms with E-state index in [0.29, 0.717) is 0 Å². The molecule has 1 saturated heterocycles. The van der Waals surface area contributed by atoms with Gasteiger partial charge in [0.05, 0.1) is 0 Å². The fraction of sp³-hybridized carbons (Fsp3) is 0.636. The zero-order valence-electron chi connectivity index (χ0n) is 8.90. The van der Waals surface area contributed by atoms with E-state index in [0.717, 1.165) is 18.3 Å². The van der Waals surface area contributed by atoms with Gasteiger partial charge in [-0.2, -0.15) is 0 Å². The first-order valence-electron chi connectivity index (χ1n) is 5.24. The van der Waals surface area contributed by atoms with Gasteiger partial charge in [0.2, 0.25) is 0 Å². The van der Waals surface area contributed by atoms with Crippen LogP contribution in [0.3, 0.4) is 0 Å². The Morgan fingerprint density at radius 1 is 1.43 bits per heavy atom. The van der Waals surface area contributed by atoms with Crippen LogP contribution in [0.4, 0.5) is 0 Å². The predicted octanol–water partition coefficient (Wildman–Crippen LogP) is 1.63. The molecule has 3 heteroatoms. The maximum absolute atomic E-state index is 4.20. The number of likely N-dealkylation sites (tertiary alicyclic amines) is 1. The topological polar surface area (TPSA) is 29.0 Å². The summed E-state index contributed by atoms with van der Waals surface area (Å²) >= 11 is 0. The van der Waals surface area contributed by atoms with Gasteiger partial charge in [0.1, 0.15) is 5.82 Å². The monoisotopic (exact) mass is 191 g/mol. The van der Waals surface area contributed by atoms with Crippen molar-refractivity contribution in [3.63, 3.8) is 0 Å². The summed E-state index contributed by atoms with van der Waals surface area (Å²) in [5.41, 5.74) is 1.23. The van der Waals surface area contributed by atoms with Crippen LogP contribution >= 0.6 is 0 Å². The van der Waals surface area contributed by atoms with Gasteiger partial charge >= 0.3 is 0 Å². The standard InChI is InChI=1S/C11H17N3/c1-9-3-4-14(7-9)8-11-5-12-10(2)13-6-11/h5-6,9H,3-4,7-8H2,1-2H3. The highest BCUT2D eigenvalue weighted by molar-refractivity contribution is 5.04. The van der Waals surface area contributed by atoms with Crippen molar-refractivity contribution in [1.29, 1.82) is 0 Å². The van der Waals surface area contributed by atoms with E-state index in [2.05, 4.69) is 21.8 Å². The second-order valence-electron chi connectivity index (χ2n) is 4.27. The molecule has 2 heterocycles. The quantitative estimate of drug-likeness (QED) is 0.711. The van der Waals surface area contributed by atoms with Crippen molar-refractivity contribution in [2.24, 2.45) is 5.92 Å². The van der Waals surface area contributed by atoms with Crippen LogP contribution in [-0.4, -0.2) is 28.0 Å². The molecule has 1 atom stereocenters. The smallest absolute Gasteiger partial charge is 0.125 e. The average molecular weight is 191 g/mol. The summed E-state index contributed by atoms with van der Waals surface area (Å²) in [5, 5.41) is 0. The summed E-state index contributed by atoms with van der Waals surface area (Å²) in [6, 6.07) is 0. The van der Waals surface area contributed by atoms with Gasteiger partial charge in [0.15, 0.2) is 0 Å². The molecule has 2 rings (SSSR count). The molecule has 0 amide bonds. The number of hydrogen-bond acceptors (Lipinski definition) is 3. The number of aryl methyl sites for hydroxylation is 1. The molecule has 1 aliphatic rings. The van der Waals surface area contributed by atoms with E-state index >= 15 is 0 Å². The normalized spacial score (nSPS) is 22.9. The van der Waals surface area contributed by atoms with Crippen molar-refractivity contribution in [2.75, 3.05) is 13.1 Å². The number of rotatable bonds is 2. The van der Waals surface area contributed by atoms with E-state index in [-0.39, 0.29) is 0 Å². The number of hydrogen-bond donors (Lipinski definition) is 0. The lowest BCUT2D eigenvalue weighted by molar-refractivity contribution is 0.319. The van der Waals surface area contributed by atoms with Gasteiger partial charge in [-0.25, -0.2) is 9.97 Å². The Balaban J connectivity index is 1.94. The Morgan fingerprint density at radius 2 is 2.14 bits per heavy atom. The van der Waals surface area contributed by atoms with E-state index in [1.54, 1.807) is 0 Å². The van der Waals surface area contributed by atoms with Gasteiger partial charge < -0.3 is 0 Å². The van der Waals surface area contributed by atoms with E-state index in [9.17, 15) is 0 Å². The summed E-state index contributed by atoms with van der Waals surface area (Å²) in [7, 11) is 0. The van der Waals surface area contributed by atoms with E-state index < -0.39 is 0 Å². The Morgan fingerprint density at radius 3 is 2.71 bits per heavy atom. The second-order valence-corrected chi connectivity index (χ2v) is 4.27. The minimum atomic E-state index is 0.848. The Kier molecular flexibility index (Phi) is 2.77. The molecule has 1 unspecified atom stereocenters. The molecular formula is C11H17N3. The Labute approximate surface area is 85.2 Å². The molecule has 1 aliphatic heterocycles. The van der Waals surface area contributed by atoms with Gasteiger partial charge in [-0.3, -0.25) is 4.90 Å². The lowest BCUT2D eigenvalue weighted by Crippen LogP contribution is -2.19.